The third kappa shape index (κ3) is 6.70. The summed E-state index contributed by atoms with van der Waals surface area (Å²) in [6.45, 7) is 1.93. The minimum absolute atomic E-state index is 0.0570. The Bertz CT molecular complexity index is 1450. The number of ether oxygens (including phenoxy) is 2. The molecule has 0 aliphatic heterocycles. The predicted octanol–water partition coefficient (Wildman–Crippen LogP) is 5.71. The third-order valence-corrected chi connectivity index (χ3v) is 6.48. The summed E-state index contributed by atoms with van der Waals surface area (Å²) in [6.07, 6.45) is 1.32. The fraction of sp³-hybridized carbons (Fsp3) is 0.120. The van der Waals surface area contributed by atoms with Crippen molar-refractivity contribution in [2.45, 2.75) is 11.8 Å². The highest BCUT2D eigenvalue weighted by Gasteiger charge is 2.20. The normalized spacial score (nSPS) is 11.4. The molecule has 0 saturated carbocycles. The van der Waals surface area contributed by atoms with Crippen molar-refractivity contribution in [1.82, 2.24) is 0 Å². The van der Waals surface area contributed by atoms with Gasteiger partial charge in [0.25, 0.3) is 5.91 Å². The van der Waals surface area contributed by atoms with Gasteiger partial charge in [-0.25, -0.2) is 0 Å². The number of methoxy groups -OCH3 is 1. The number of hydrogen-bond donors (Lipinski definition) is 1. The lowest BCUT2D eigenvalue weighted by Gasteiger charge is -2.13. The molecule has 0 saturated heterocycles. The van der Waals surface area contributed by atoms with Crippen LogP contribution in [0.1, 0.15) is 12.5 Å². The van der Waals surface area contributed by atoms with Crippen LogP contribution in [0, 0.1) is 11.3 Å². The van der Waals surface area contributed by atoms with Gasteiger partial charge < -0.3 is 19.0 Å². The van der Waals surface area contributed by atoms with E-state index in [9.17, 15) is 18.5 Å². The molecule has 0 fully saturated rings. The van der Waals surface area contributed by atoms with E-state index in [1.165, 1.54) is 67.8 Å². The summed E-state index contributed by atoms with van der Waals surface area (Å²) in [5, 5.41) is 12.7. The van der Waals surface area contributed by atoms with E-state index in [4.69, 9.17) is 36.9 Å². The van der Waals surface area contributed by atoms with E-state index in [1.807, 2.05) is 6.07 Å². The summed E-state index contributed by atoms with van der Waals surface area (Å²) in [5.41, 5.74) is 0.419. The highest BCUT2D eigenvalue weighted by Crippen LogP contribution is 2.32. The molecule has 3 aromatic carbocycles. The Balaban J connectivity index is 1.88. The third-order valence-electron chi connectivity index (χ3n) is 4.67. The van der Waals surface area contributed by atoms with Gasteiger partial charge in [-0.3, -0.25) is 4.79 Å². The van der Waals surface area contributed by atoms with Crippen LogP contribution in [-0.2, 0) is 14.9 Å². The summed E-state index contributed by atoms with van der Waals surface area (Å²) in [7, 11) is -2.70. The Morgan fingerprint density at radius 3 is 2.42 bits per heavy atom. The number of hydrogen-bond acceptors (Lipinski definition) is 7. The fourth-order valence-corrected chi connectivity index (χ4v) is 4.24. The topological polar surface area (TPSA) is 115 Å². The predicted molar refractivity (Wildman–Crippen MR) is 137 cm³/mol. The number of halogens is 2. The van der Waals surface area contributed by atoms with Crippen LogP contribution in [0.15, 0.2) is 71.1 Å². The van der Waals surface area contributed by atoms with Crippen molar-refractivity contribution in [3.05, 3.63) is 81.8 Å². The number of nitrogens with zero attached hydrogens (tertiary/aromatic N) is 1. The van der Waals surface area contributed by atoms with Crippen LogP contribution in [0.4, 0.5) is 5.69 Å². The van der Waals surface area contributed by atoms with E-state index in [0.717, 1.165) is 0 Å². The van der Waals surface area contributed by atoms with Crippen molar-refractivity contribution in [3.8, 4) is 23.3 Å². The van der Waals surface area contributed by atoms with Crippen molar-refractivity contribution in [2.24, 2.45) is 0 Å². The maximum atomic E-state index is 12.7. The molecule has 1 amide bonds. The van der Waals surface area contributed by atoms with E-state index in [-0.39, 0.29) is 39.3 Å². The van der Waals surface area contributed by atoms with E-state index < -0.39 is 16.0 Å². The van der Waals surface area contributed by atoms with Gasteiger partial charge in [0.2, 0.25) is 0 Å². The zero-order valence-electron chi connectivity index (χ0n) is 19.1. The standard InChI is InChI=1S/C25H20Cl2N2O6S/c1-3-34-24-13-16(12-17(15-28)25(30)29-22-14-18(26)5-10-21(22)27)4-11-23(24)35-36(31,32)20-8-6-19(33-2)7-9-20/h4-14H,3H2,1-2H3,(H,29,30)/b17-12+. The number of carbonyl (C=O) groups excluding carboxylic acids is 1. The molecule has 8 nitrogen and oxygen atoms in total. The van der Waals surface area contributed by atoms with Gasteiger partial charge in [0.1, 0.15) is 22.3 Å². The molecule has 0 unspecified atom stereocenters. The number of amides is 1. The second-order valence-electron chi connectivity index (χ2n) is 7.10. The monoisotopic (exact) mass is 546 g/mol. The number of nitriles is 1. The Hall–Kier alpha value is -3.71. The summed E-state index contributed by atoms with van der Waals surface area (Å²) in [5.74, 6) is -0.158. The van der Waals surface area contributed by atoms with Crippen molar-refractivity contribution in [1.29, 1.82) is 5.26 Å². The van der Waals surface area contributed by atoms with E-state index in [1.54, 1.807) is 13.0 Å². The van der Waals surface area contributed by atoms with Gasteiger partial charge >= 0.3 is 10.1 Å². The van der Waals surface area contributed by atoms with Gasteiger partial charge in [0.15, 0.2) is 11.5 Å². The molecule has 0 aliphatic rings. The molecular formula is C25H20Cl2N2O6S. The molecule has 0 aromatic heterocycles. The summed E-state index contributed by atoms with van der Waals surface area (Å²) in [4.78, 5) is 12.6. The van der Waals surface area contributed by atoms with E-state index in [0.29, 0.717) is 16.3 Å². The van der Waals surface area contributed by atoms with E-state index in [2.05, 4.69) is 5.32 Å². The Morgan fingerprint density at radius 1 is 1.06 bits per heavy atom. The number of benzene rings is 3. The zero-order chi connectivity index (χ0) is 26.3. The lowest BCUT2D eigenvalue weighted by atomic mass is 10.1. The minimum atomic E-state index is -4.17. The zero-order valence-corrected chi connectivity index (χ0v) is 21.4. The molecule has 0 heterocycles. The molecule has 0 radical (unpaired) electrons. The molecular weight excluding hydrogens is 527 g/mol. The Labute approximate surface area is 218 Å². The molecule has 0 atom stereocenters. The minimum Gasteiger partial charge on any atom is -0.497 e. The SMILES string of the molecule is CCOc1cc(/C=C(\C#N)C(=O)Nc2cc(Cl)ccc2Cl)ccc1OS(=O)(=O)c1ccc(OC)cc1. The molecule has 0 spiro atoms. The second kappa shape index (κ2) is 11.8. The first-order valence-corrected chi connectivity index (χ1v) is 12.6. The van der Waals surface area contributed by atoms with Crippen LogP contribution in [0.3, 0.4) is 0 Å². The maximum absolute atomic E-state index is 12.7. The summed E-state index contributed by atoms with van der Waals surface area (Å²) < 4.78 is 41.3. The second-order valence-corrected chi connectivity index (χ2v) is 9.49. The van der Waals surface area contributed by atoms with Crippen LogP contribution in [0.5, 0.6) is 17.2 Å². The molecule has 186 valence electrons. The van der Waals surface area contributed by atoms with E-state index >= 15 is 0 Å². The van der Waals surface area contributed by atoms with Crippen LogP contribution in [0.25, 0.3) is 6.08 Å². The molecule has 0 bridgehead atoms. The first-order chi connectivity index (χ1) is 17.2. The van der Waals surface area contributed by atoms with Gasteiger partial charge in [-0.15, -0.1) is 0 Å². The number of anilines is 1. The van der Waals surface area contributed by atoms with Gasteiger partial charge in [-0.2, -0.15) is 13.7 Å². The largest absolute Gasteiger partial charge is 0.497 e. The van der Waals surface area contributed by atoms with Crippen molar-refractivity contribution in [3.63, 3.8) is 0 Å². The van der Waals surface area contributed by atoms with Crippen molar-refractivity contribution in [2.75, 3.05) is 19.0 Å². The first-order valence-electron chi connectivity index (χ1n) is 10.4. The Kier molecular flexibility index (Phi) is 8.83. The number of nitrogens with one attached hydrogen (secondary N) is 1. The van der Waals surface area contributed by atoms with Gasteiger partial charge in [-0.1, -0.05) is 29.3 Å². The van der Waals surface area contributed by atoms with Gasteiger partial charge in [0.05, 0.1) is 24.4 Å². The van der Waals surface area contributed by atoms with Crippen LogP contribution in [0.2, 0.25) is 10.0 Å². The maximum Gasteiger partial charge on any atom is 0.339 e. The fourth-order valence-electron chi connectivity index (χ4n) is 2.96. The lowest BCUT2D eigenvalue weighted by molar-refractivity contribution is -0.112. The highest BCUT2D eigenvalue weighted by molar-refractivity contribution is 7.87. The Morgan fingerprint density at radius 2 is 1.78 bits per heavy atom. The molecule has 11 heteroatoms. The molecule has 3 aromatic rings. The number of carbonyl (C=O) groups is 1. The molecule has 36 heavy (non-hydrogen) atoms. The average molecular weight is 547 g/mol. The quantitative estimate of drug-likeness (QED) is 0.207. The number of rotatable bonds is 9. The van der Waals surface area contributed by atoms with Crippen molar-refractivity contribution >= 4 is 51.0 Å². The van der Waals surface area contributed by atoms with Crippen molar-refractivity contribution < 1.29 is 26.9 Å². The van der Waals surface area contributed by atoms with Gasteiger partial charge in [-0.05, 0) is 73.2 Å². The van der Waals surface area contributed by atoms with Gasteiger partial charge in [0, 0.05) is 5.02 Å². The highest BCUT2D eigenvalue weighted by atomic mass is 35.5. The van der Waals surface area contributed by atoms with Crippen LogP contribution in [-0.4, -0.2) is 28.0 Å². The average Bonchev–Trinajstić information content (AvgIpc) is 2.86. The molecule has 3 rings (SSSR count). The van der Waals surface area contributed by atoms with Crippen LogP contribution >= 0.6 is 23.2 Å². The first kappa shape index (κ1) is 26.9. The summed E-state index contributed by atoms with van der Waals surface area (Å²) in [6, 6.07) is 16.4. The lowest BCUT2D eigenvalue weighted by Crippen LogP contribution is -2.14. The summed E-state index contributed by atoms with van der Waals surface area (Å²) >= 11 is 12.0. The smallest absolute Gasteiger partial charge is 0.339 e. The molecule has 0 aliphatic carbocycles. The molecule has 1 N–H and O–H groups in total. The van der Waals surface area contributed by atoms with Crippen LogP contribution < -0.4 is 19.0 Å².